The van der Waals surface area contributed by atoms with E-state index in [1.165, 1.54) is 11.4 Å². The number of sulfonamides is 2. The van der Waals surface area contributed by atoms with Gasteiger partial charge in [-0.25, -0.2) is 21.6 Å². The smallest absolute Gasteiger partial charge is 0.241 e. The molecule has 0 radical (unpaired) electrons. The Morgan fingerprint density at radius 3 is 2.38 bits per heavy atom. The molecule has 158 valence electrons. The molecule has 0 aromatic heterocycles. The van der Waals surface area contributed by atoms with E-state index in [9.17, 15) is 16.8 Å². The zero-order valence-corrected chi connectivity index (χ0v) is 18.4. The highest BCUT2D eigenvalue weighted by molar-refractivity contribution is 7.92. The molecular formula is C20H26N2O5S2. The summed E-state index contributed by atoms with van der Waals surface area (Å²) in [4.78, 5) is 0.172. The molecule has 1 aliphatic rings. The highest BCUT2D eigenvalue weighted by atomic mass is 32.2. The number of nitrogens with one attached hydrogen (secondary N) is 1. The molecule has 0 amide bonds. The maximum atomic E-state index is 13.0. The average Bonchev–Trinajstić information content (AvgIpc) is 2.65. The van der Waals surface area contributed by atoms with Crippen molar-refractivity contribution in [3.05, 3.63) is 53.1 Å². The largest absolute Gasteiger partial charge is 0.496 e. The van der Waals surface area contributed by atoms with Crippen LogP contribution < -0.4 is 13.8 Å². The first-order valence-electron chi connectivity index (χ1n) is 9.39. The number of rotatable bonds is 6. The van der Waals surface area contributed by atoms with Crippen molar-refractivity contribution >= 4 is 25.7 Å². The monoisotopic (exact) mass is 438 g/mol. The third-order valence-electron chi connectivity index (χ3n) is 5.00. The van der Waals surface area contributed by atoms with E-state index < -0.39 is 20.0 Å². The lowest BCUT2D eigenvalue weighted by Gasteiger charge is -2.29. The Labute approximate surface area is 172 Å². The standard InChI is InChI=1S/C20H26N2O5S2/c1-15-12-18(22-10-6-7-11-28(22,23)24)13-16(2)20(15)29(25,26)21-14-17-8-4-5-9-19(17)27-3/h4-5,8-9,12-13,21H,6-7,10-11,14H2,1-3H3. The molecule has 2 aromatic carbocycles. The number of hydrogen-bond acceptors (Lipinski definition) is 5. The second-order valence-electron chi connectivity index (χ2n) is 7.14. The van der Waals surface area contributed by atoms with Crippen LogP contribution in [0.5, 0.6) is 5.75 Å². The average molecular weight is 439 g/mol. The summed E-state index contributed by atoms with van der Waals surface area (Å²) in [6.07, 6.45) is 1.44. The van der Waals surface area contributed by atoms with E-state index in [0.717, 1.165) is 12.0 Å². The minimum absolute atomic E-state index is 0.0908. The normalized spacial score (nSPS) is 16.6. The lowest BCUT2D eigenvalue weighted by molar-refractivity contribution is 0.409. The Morgan fingerprint density at radius 1 is 1.10 bits per heavy atom. The van der Waals surface area contributed by atoms with E-state index in [2.05, 4.69) is 4.72 Å². The van der Waals surface area contributed by atoms with Crippen LogP contribution in [0.4, 0.5) is 5.69 Å². The van der Waals surface area contributed by atoms with Crippen LogP contribution in [0.1, 0.15) is 29.5 Å². The van der Waals surface area contributed by atoms with E-state index in [1.807, 2.05) is 12.1 Å². The number of benzene rings is 2. The second kappa shape index (κ2) is 8.33. The molecule has 1 N–H and O–H groups in total. The zero-order chi connectivity index (χ0) is 21.2. The molecule has 1 heterocycles. The topological polar surface area (TPSA) is 92.8 Å². The molecule has 0 saturated carbocycles. The number of nitrogens with zero attached hydrogens (tertiary/aromatic N) is 1. The van der Waals surface area contributed by atoms with Crippen LogP contribution in [0.15, 0.2) is 41.3 Å². The molecule has 3 rings (SSSR count). The van der Waals surface area contributed by atoms with E-state index in [1.54, 1.807) is 38.1 Å². The first-order chi connectivity index (χ1) is 13.7. The molecule has 7 nitrogen and oxygen atoms in total. The van der Waals surface area contributed by atoms with Gasteiger partial charge in [-0.05, 0) is 56.0 Å². The van der Waals surface area contributed by atoms with Gasteiger partial charge in [0.15, 0.2) is 0 Å². The Balaban J connectivity index is 1.90. The second-order valence-corrected chi connectivity index (χ2v) is 10.9. The van der Waals surface area contributed by atoms with Gasteiger partial charge in [-0.3, -0.25) is 4.31 Å². The molecule has 0 aliphatic carbocycles. The van der Waals surface area contributed by atoms with E-state index >= 15 is 0 Å². The van der Waals surface area contributed by atoms with Crippen LogP contribution in [0.25, 0.3) is 0 Å². The van der Waals surface area contributed by atoms with E-state index in [-0.39, 0.29) is 17.2 Å². The summed E-state index contributed by atoms with van der Waals surface area (Å²) in [7, 11) is -5.62. The van der Waals surface area contributed by atoms with Crippen molar-refractivity contribution in [2.45, 2.75) is 38.1 Å². The van der Waals surface area contributed by atoms with E-state index in [4.69, 9.17) is 4.74 Å². The van der Waals surface area contributed by atoms with Gasteiger partial charge in [-0.2, -0.15) is 0 Å². The Bertz CT molecular complexity index is 1090. The van der Waals surface area contributed by atoms with Crippen molar-refractivity contribution in [3.63, 3.8) is 0 Å². The zero-order valence-electron chi connectivity index (χ0n) is 16.8. The van der Waals surface area contributed by atoms with Crippen LogP contribution in [0.3, 0.4) is 0 Å². The molecule has 1 saturated heterocycles. The summed E-state index contributed by atoms with van der Waals surface area (Å²) in [6, 6.07) is 10.5. The highest BCUT2D eigenvalue weighted by Crippen LogP contribution is 2.30. The maximum absolute atomic E-state index is 13.0. The third-order valence-corrected chi connectivity index (χ3v) is 8.57. The molecule has 0 spiro atoms. The van der Waals surface area contributed by atoms with Crippen LogP contribution in [-0.2, 0) is 26.6 Å². The molecule has 9 heteroatoms. The first kappa shape index (κ1) is 21.6. The number of aryl methyl sites for hydroxylation is 2. The van der Waals surface area contributed by atoms with Crippen LogP contribution in [0.2, 0.25) is 0 Å². The van der Waals surface area contributed by atoms with Crippen molar-refractivity contribution in [2.75, 3.05) is 23.7 Å². The molecule has 0 unspecified atom stereocenters. The summed E-state index contributed by atoms with van der Waals surface area (Å²) in [5, 5.41) is 0. The van der Waals surface area contributed by atoms with Gasteiger partial charge in [0.25, 0.3) is 0 Å². The van der Waals surface area contributed by atoms with Crippen molar-refractivity contribution < 1.29 is 21.6 Å². The molecule has 1 aliphatic heterocycles. The van der Waals surface area contributed by atoms with Crippen molar-refractivity contribution in [3.8, 4) is 5.75 Å². The fourth-order valence-electron chi connectivity index (χ4n) is 3.67. The Hall–Kier alpha value is -2.10. The van der Waals surface area contributed by atoms with Gasteiger partial charge in [-0.15, -0.1) is 0 Å². The van der Waals surface area contributed by atoms with Crippen molar-refractivity contribution in [1.29, 1.82) is 0 Å². The number of methoxy groups -OCH3 is 1. The molecular weight excluding hydrogens is 412 g/mol. The van der Waals surface area contributed by atoms with Gasteiger partial charge in [-0.1, -0.05) is 18.2 Å². The Morgan fingerprint density at radius 2 is 1.76 bits per heavy atom. The minimum Gasteiger partial charge on any atom is -0.496 e. The maximum Gasteiger partial charge on any atom is 0.241 e. The Kier molecular flexibility index (Phi) is 6.21. The lowest BCUT2D eigenvalue weighted by Crippen LogP contribution is -2.38. The summed E-state index contributed by atoms with van der Waals surface area (Å²) in [5.74, 6) is 0.723. The molecule has 2 aromatic rings. The fraction of sp³-hybridized carbons (Fsp3) is 0.400. The minimum atomic E-state index is -3.79. The molecule has 29 heavy (non-hydrogen) atoms. The molecule has 1 fully saturated rings. The molecule has 0 bridgehead atoms. The lowest BCUT2D eigenvalue weighted by atomic mass is 10.1. The van der Waals surface area contributed by atoms with Crippen LogP contribution >= 0.6 is 0 Å². The van der Waals surface area contributed by atoms with Crippen LogP contribution in [0, 0.1) is 13.8 Å². The van der Waals surface area contributed by atoms with Gasteiger partial charge in [0.05, 0.1) is 23.4 Å². The fourth-order valence-corrected chi connectivity index (χ4v) is 6.75. The predicted octanol–water partition coefficient (Wildman–Crippen LogP) is 2.72. The van der Waals surface area contributed by atoms with Crippen molar-refractivity contribution in [2.24, 2.45) is 0 Å². The number of para-hydroxylation sites is 1. The van der Waals surface area contributed by atoms with Gasteiger partial charge in [0.1, 0.15) is 5.75 Å². The number of hydrogen-bond donors (Lipinski definition) is 1. The summed E-state index contributed by atoms with van der Waals surface area (Å²) >= 11 is 0. The first-order valence-corrected chi connectivity index (χ1v) is 12.5. The third kappa shape index (κ3) is 4.57. The number of anilines is 1. The van der Waals surface area contributed by atoms with Gasteiger partial charge in [0.2, 0.25) is 20.0 Å². The highest BCUT2D eigenvalue weighted by Gasteiger charge is 2.28. The van der Waals surface area contributed by atoms with Gasteiger partial charge >= 0.3 is 0 Å². The predicted molar refractivity (Wildman–Crippen MR) is 113 cm³/mol. The summed E-state index contributed by atoms with van der Waals surface area (Å²) < 4.78 is 60.0. The van der Waals surface area contributed by atoms with Crippen LogP contribution in [-0.4, -0.2) is 36.2 Å². The molecule has 0 atom stereocenters. The van der Waals surface area contributed by atoms with Crippen molar-refractivity contribution in [1.82, 2.24) is 4.72 Å². The number of ether oxygens (including phenoxy) is 1. The SMILES string of the molecule is COc1ccccc1CNS(=O)(=O)c1c(C)cc(N2CCCCS2(=O)=O)cc1C. The van der Waals surface area contributed by atoms with Gasteiger partial charge < -0.3 is 4.74 Å². The quantitative estimate of drug-likeness (QED) is 0.749. The summed E-state index contributed by atoms with van der Waals surface area (Å²) in [6.45, 7) is 3.88. The van der Waals surface area contributed by atoms with E-state index in [0.29, 0.717) is 35.5 Å². The van der Waals surface area contributed by atoms with Gasteiger partial charge in [0, 0.05) is 18.7 Å². The summed E-state index contributed by atoms with van der Waals surface area (Å²) in [5.41, 5.74) is 2.26.